The molecule has 0 aliphatic rings. The zero-order valence-electron chi connectivity index (χ0n) is 14.9. The first-order chi connectivity index (χ1) is 10.8. The fraction of sp³-hybridized carbons (Fsp3) is 0.611. The van der Waals surface area contributed by atoms with Gasteiger partial charge in [-0.05, 0) is 36.6 Å². The summed E-state index contributed by atoms with van der Waals surface area (Å²) in [6.45, 7) is 12.9. The third-order valence-corrected chi connectivity index (χ3v) is 3.86. The Hall–Kier alpha value is -1.20. The lowest BCUT2D eigenvalue weighted by Gasteiger charge is -2.17. The van der Waals surface area contributed by atoms with E-state index in [2.05, 4.69) is 45.3 Å². The zero-order chi connectivity index (χ0) is 17.3. The summed E-state index contributed by atoms with van der Waals surface area (Å²) < 4.78 is 5.66. The van der Waals surface area contributed by atoms with E-state index < -0.39 is 0 Å². The molecule has 5 heteroatoms. The van der Waals surface area contributed by atoms with Crippen LogP contribution in [0.5, 0.6) is 0 Å². The molecule has 1 aromatic carbocycles. The minimum atomic E-state index is -0.176. The van der Waals surface area contributed by atoms with E-state index in [0.29, 0.717) is 19.1 Å². The van der Waals surface area contributed by atoms with Crippen molar-refractivity contribution < 1.29 is 9.53 Å². The standard InChI is InChI=1S/C18H30N2O2S/c1-14(2)13-22-12-6-11-19-17(21)20-15-7-9-16(10-8-15)23-18(3,4)5/h7-10,14H,6,11-13H2,1-5H3,(H2,19,20,21). The van der Waals surface area contributed by atoms with Gasteiger partial charge in [-0.25, -0.2) is 4.79 Å². The van der Waals surface area contributed by atoms with Gasteiger partial charge in [-0.2, -0.15) is 0 Å². The maximum atomic E-state index is 11.8. The van der Waals surface area contributed by atoms with E-state index in [0.717, 1.165) is 18.7 Å². The van der Waals surface area contributed by atoms with Gasteiger partial charge in [0, 0.05) is 35.1 Å². The van der Waals surface area contributed by atoms with Gasteiger partial charge in [0.25, 0.3) is 0 Å². The van der Waals surface area contributed by atoms with Crippen LogP contribution in [-0.2, 0) is 4.74 Å². The van der Waals surface area contributed by atoms with Gasteiger partial charge in [0.1, 0.15) is 0 Å². The molecule has 0 fully saturated rings. The highest BCUT2D eigenvalue weighted by Gasteiger charge is 2.11. The number of carbonyl (C=O) groups is 1. The molecule has 0 spiro atoms. The van der Waals surface area contributed by atoms with E-state index in [1.807, 2.05) is 36.0 Å². The van der Waals surface area contributed by atoms with Gasteiger partial charge in [0.2, 0.25) is 0 Å². The molecule has 0 aliphatic heterocycles. The van der Waals surface area contributed by atoms with Gasteiger partial charge in [-0.15, -0.1) is 11.8 Å². The highest BCUT2D eigenvalue weighted by Crippen LogP contribution is 2.32. The Morgan fingerprint density at radius 1 is 1.22 bits per heavy atom. The molecule has 0 saturated carbocycles. The normalized spacial score (nSPS) is 11.6. The first kappa shape index (κ1) is 19.8. The van der Waals surface area contributed by atoms with Gasteiger partial charge in [-0.3, -0.25) is 0 Å². The number of thioether (sulfide) groups is 1. The van der Waals surface area contributed by atoms with E-state index in [4.69, 9.17) is 4.74 Å². The average molecular weight is 339 g/mol. The third-order valence-electron chi connectivity index (χ3n) is 2.74. The average Bonchev–Trinajstić information content (AvgIpc) is 2.43. The van der Waals surface area contributed by atoms with Crippen LogP contribution in [0.2, 0.25) is 0 Å². The number of urea groups is 1. The summed E-state index contributed by atoms with van der Waals surface area (Å²) in [4.78, 5) is 13.0. The molecule has 0 heterocycles. The molecule has 0 bridgehead atoms. The molecule has 0 radical (unpaired) electrons. The topological polar surface area (TPSA) is 50.4 Å². The minimum Gasteiger partial charge on any atom is -0.381 e. The zero-order valence-corrected chi connectivity index (χ0v) is 15.8. The predicted octanol–water partition coefficient (Wildman–Crippen LogP) is 4.76. The first-order valence-electron chi connectivity index (χ1n) is 8.18. The molecule has 4 nitrogen and oxygen atoms in total. The van der Waals surface area contributed by atoms with Crippen LogP contribution in [-0.4, -0.2) is 30.5 Å². The largest absolute Gasteiger partial charge is 0.381 e. The van der Waals surface area contributed by atoms with Crippen LogP contribution in [0.1, 0.15) is 41.0 Å². The number of benzene rings is 1. The van der Waals surface area contributed by atoms with Crippen LogP contribution >= 0.6 is 11.8 Å². The highest BCUT2D eigenvalue weighted by molar-refractivity contribution is 8.00. The molecule has 2 amide bonds. The number of carbonyl (C=O) groups excluding carboxylic acids is 1. The van der Waals surface area contributed by atoms with E-state index >= 15 is 0 Å². The van der Waals surface area contributed by atoms with Gasteiger partial charge >= 0.3 is 6.03 Å². The van der Waals surface area contributed by atoms with Gasteiger partial charge in [0.15, 0.2) is 0 Å². The van der Waals surface area contributed by atoms with Crippen molar-refractivity contribution in [2.45, 2.75) is 50.7 Å². The van der Waals surface area contributed by atoms with E-state index in [9.17, 15) is 4.79 Å². The molecular formula is C18H30N2O2S. The van der Waals surface area contributed by atoms with Crippen molar-refractivity contribution in [1.82, 2.24) is 5.32 Å². The fourth-order valence-electron chi connectivity index (χ4n) is 1.83. The Morgan fingerprint density at radius 2 is 1.87 bits per heavy atom. The molecule has 0 aliphatic carbocycles. The monoisotopic (exact) mass is 338 g/mol. The number of hydrogen-bond donors (Lipinski definition) is 2. The van der Waals surface area contributed by atoms with E-state index in [-0.39, 0.29) is 10.8 Å². The lowest BCUT2D eigenvalue weighted by atomic mass is 10.2. The molecule has 1 aromatic rings. The molecule has 0 unspecified atom stereocenters. The summed E-state index contributed by atoms with van der Waals surface area (Å²) in [5.74, 6) is 0.547. The number of nitrogens with one attached hydrogen (secondary N) is 2. The highest BCUT2D eigenvalue weighted by atomic mass is 32.2. The smallest absolute Gasteiger partial charge is 0.319 e. The molecule has 2 N–H and O–H groups in total. The fourth-order valence-corrected chi connectivity index (χ4v) is 2.81. The quantitative estimate of drug-likeness (QED) is 0.531. The summed E-state index contributed by atoms with van der Waals surface area (Å²) in [6.07, 6.45) is 0.821. The Morgan fingerprint density at radius 3 is 2.43 bits per heavy atom. The molecule has 0 atom stereocenters. The Labute approximate surface area is 144 Å². The predicted molar refractivity (Wildman–Crippen MR) is 99.3 cm³/mol. The number of hydrogen-bond acceptors (Lipinski definition) is 3. The molecule has 23 heavy (non-hydrogen) atoms. The summed E-state index contributed by atoms with van der Waals surface area (Å²) in [7, 11) is 0. The van der Waals surface area contributed by atoms with Gasteiger partial charge in [0.05, 0.1) is 0 Å². The van der Waals surface area contributed by atoms with E-state index in [1.165, 1.54) is 4.90 Å². The van der Waals surface area contributed by atoms with Crippen LogP contribution in [0.15, 0.2) is 29.2 Å². The molecule has 0 saturated heterocycles. The van der Waals surface area contributed by atoms with Crippen molar-refractivity contribution in [2.75, 3.05) is 25.1 Å². The summed E-state index contributed by atoms with van der Waals surface area (Å²) >= 11 is 1.81. The Bertz CT molecular complexity index is 467. The second-order valence-electron chi connectivity index (χ2n) is 6.94. The second-order valence-corrected chi connectivity index (χ2v) is 8.84. The SMILES string of the molecule is CC(C)COCCCNC(=O)Nc1ccc(SC(C)(C)C)cc1. The number of ether oxygens (including phenoxy) is 1. The third kappa shape index (κ3) is 10.2. The molecular weight excluding hydrogens is 308 g/mol. The van der Waals surface area contributed by atoms with Crippen molar-refractivity contribution in [3.63, 3.8) is 0 Å². The number of anilines is 1. The van der Waals surface area contributed by atoms with Crippen LogP contribution in [0.25, 0.3) is 0 Å². The van der Waals surface area contributed by atoms with Crippen molar-refractivity contribution >= 4 is 23.5 Å². The summed E-state index contributed by atoms with van der Waals surface area (Å²) in [5, 5.41) is 5.68. The maximum absolute atomic E-state index is 11.8. The van der Waals surface area contributed by atoms with Crippen molar-refractivity contribution in [1.29, 1.82) is 0 Å². The van der Waals surface area contributed by atoms with Crippen LogP contribution in [0.4, 0.5) is 10.5 Å². The lowest BCUT2D eigenvalue weighted by molar-refractivity contribution is 0.108. The first-order valence-corrected chi connectivity index (χ1v) is 8.99. The van der Waals surface area contributed by atoms with Crippen molar-refractivity contribution in [3.05, 3.63) is 24.3 Å². The lowest BCUT2D eigenvalue weighted by Crippen LogP contribution is -2.30. The Balaban J connectivity index is 2.24. The summed E-state index contributed by atoms with van der Waals surface area (Å²) in [6, 6.07) is 7.75. The number of rotatable bonds is 8. The molecule has 1 rings (SSSR count). The minimum absolute atomic E-state index is 0.176. The van der Waals surface area contributed by atoms with Crippen LogP contribution in [0, 0.1) is 5.92 Å². The number of amides is 2. The van der Waals surface area contributed by atoms with Gasteiger partial charge < -0.3 is 15.4 Å². The van der Waals surface area contributed by atoms with Gasteiger partial charge in [-0.1, -0.05) is 34.6 Å². The second kappa shape index (κ2) is 9.83. The molecule has 0 aromatic heterocycles. The summed E-state index contributed by atoms with van der Waals surface area (Å²) in [5.41, 5.74) is 0.803. The van der Waals surface area contributed by atoms with E-state index in [1.54, 1.807) is 0 Å². The van der Waals surface area contributed by atoms with Crippen molar-refractivity contribution in [3.8, 4) is 0 Å². The Kier molecular flexibility index (Phi) is 8.48. The maximum Gasteiger partial charge on any atom is 0.319 e. The van der Waals surface area contributed by atoms with Crippen LogP contribution < -0.4 is 10.6 Å². The molecule has 130 valence electrons. The van der Waals surface area contributed by atoms with Crippen LogP contribution in [0.3, 0.4) is 0 Å². The van der Waals surface area contributed by atoms with Crippen molar-refractivity contribution in [2.24, 2.45) is 5.92 Å².